The second-order valence-electron chi connectivity index (χ2n) is 8.20. The Balaban J connectivity index is 1.57. The number of ether oxygens (including phenoxy) is 3. The lowest BCUT2D eigenvalue weighted by atomic mass is 10.1. The topological polar surface area (TPSA) is 48.0 Å². The molecule has 33 heavy (non-hydrogen) atoms. The normalized spacial score (nSPS) is 13.7. The maximum atomic E-state index is 13.3. The average molecular weight is 466 g/mol. The number of amides is 1. The van der Waals surface area contributed by atoms with Crippen LogP contribution >= 0.6 is 11.6 Å². The zero-order valence-electron chi connectivity index (χ0n) is 19.1. The van der Waals surface area contributed by atoms with E-state index in [1.807, 2.05) is 86.3 Å². The number of fused-ring (bicyclic) bond motifs is 1. The van der Waals surface area contributed by atoms with Crippen molar-refractivity contribution in [2.45, 2.75) is 39.5 Å². The van der Waals surface area contributed by atoms with Gasteiger partial charge in [0.1, 0.15) is 23.9 Å². The van der Waals surface area contributed by atoms with Crippen LogP contribution in [-0.4, -0.2) is 30.1 Å². The molecule has 1 amide bonds. The first-order valence-corrected chi connectivity index (χ1v) is 11.5. The Kier molecular flexibility index (Phi) is 7.09. The van der Waals surface area contributed by atoms with Gasteiger partial charge in [-0.1, -0.05) is 29.8 Å². The molecule has 1 aliphatic heterocycles. The van der Waals surface area contributed by atoms with E-state index in [1.165, 1.54) is 0 Å². The molecule has 0 radical (unpaired) electrons. The number of carbonyl (C=O) groups excluding carboxylic acids is 1. The molecule has 3 aromatic rings. The summed E-state index contributed by atoms with van der Waals surface area (Å²) >= 11 is 6.15. The van der Waals surface area contributed by atoms with Crippen molar-refractivity contribution in [1.82, 2.24) is 4.90 Å². The van der Waals surface area contributed by atoms with Crippen LogP contribution in [0.2, 0.25) is 5.02 Å². The highest BCUT2D eigenvalue weighted by Gasteiger charge is 2.34. The first-order valence-electron chi connectivity index (χ1n) is 11.2. The van der Waals surface area contributed by atoms with Gasteiger partial charge in [-0.2, -0.15) is 0 Å². The molecule has 0 fully saturated rings. The molecule has 1 aliphatic rings. The molecule has 1 unspecified atom stereocenters. The van der Waals surface area contributed by atoms with Gasteiger partial charge in [0.25, 0.3) is 5.91 Å². The highest BCUT2D eigenvalue weighted by Crippen LogP contribution is 2.34. The molecule has 1 heterocycles. The minimum absolute atomic E-state index is 0.0460. The highest BCUT2D eigenvalue weighted by molar-refractivity contribution is 6.31. The van der Waals surface area contributed by atoms with Crippen molar-refractivity contribution >= 4 is 17.5 Å². The van der Waals surface area contributed by atoms with Crippen molar-refractivity contribution in [1.29, 1.82) is 0 Å². The lowest BCUT2D eigenvalue weighted by molar-refractivity contribution is 0.0635. The summed E-state index contributed by atoms with van der Waals surface area (Å²) in [6, 6.07) is 20.6. The summed E-state index contributed by atoms with van der Waals surface area (Å²) in [5.41, 5.74) is 2.59. The molecule has 3 aromatic carbocycles. The molecular weight excluding hydrogens is 438 g/mol. The van der Waals surface area contributed by atoms with Crippen LogP contribution in [0, 0.1) is 0 Å². The standard InChI is InChI=1S/C27H28ClNO4/c1-4-31-22-11-13-23(14-12-22)32-17-26(19-6-9-24(10-7-19)33-18(2)3)29-16-20-5-8-21(28)15-25(20)27(29)30/h5-15,18,26H,4,16-17H2,1-3H3. The van der Waals surface area contributed by atoms with Gasteiger partial charge < -0.3 is 19.1 Å². The van der Waals surface area contributed by atoms with Gasteiger partial charge in [0, 0.05) is 17.1 Å². The molecule has 0 spiro atoms. The van der Waals surface area contributed by atoms with Crippen LogP contribution in [0.4, 0.5) is 0 Å². The summed E-state index contributed by atoms with van der Waals surface area (Å²) in [5, 5.41) is 0.557. The molecule has 0 N–H and O–H groups in total. The zero-order valence-corrected chi connectivity index (χ0v) is 19.8. The highest BCUT2D eigenvalue weighted by atomic mass is 35.5. The third kappa shape index (κ3) is 5.42. The maximum Gasteiger partial charge on any atom is 0.255 e. The van der Waals surface area contributed by atoms with Crippen LogP contribution in [0.15, 0.2) is 66.7 Å². The molecule has 172 valence electrons. The third-order valence-electron chi connectivity index (χ3n) is 5.46. The Labute approximate surface area is 199 Å². The van der Waals surface area contributed by atoms with E-state index in [0.717, 1.165) is 28.4 Å². The summed E-state index contributed by atoms with van der Waals surface area (Å²) in [4.78, 5) is 15.1. The first kappa shape index (κ1) is 23.0. The first-order chi connectivity index (χ1) is 15.9. The summed E-state index contributed by atoms with van der Waals surface area (Å²) in [6.07, 6.45) is 0.0917. The molecule has 0 bridgehead atoms. The predicted octanol–water partition coefficient (Wildman–Crippen LogP) is 6.30. The Morgan fingerprint density at radius 2 is 1.55 bits per heavy atom. The van der Waals surface area contributed by atoms with E-state index in [4.69, 9.17) is 25.8 Å². The van der Waals surface area contributed by atoms with Crippen molar-refractivity contribution < 1.29 is 19.0 Å². The molecule has 0 aromatic heterocycles. The minimum atomic E-state index is -0.275. The molecular formula is C27H28ClNO4. The van der Waals surface area contributed by atoms with Gasteiger partial charge in [0.2, 0.25) is 0 Å². The van der Waals surface area contributed by atoms with Gasteiger partial charge >= 0.3 is 0 Å². The largest absolute Gasteiger partial charge is 0.494 e. The third-order valence-corrected chi connectivity index (χ3v) is 5.69. The van der Waals surface area contributed by atoms with Gasteiger partial charge in [-0.05, 0) is 80.4 Å². The van der Waals surface area contributed by atoms with Gasteiger partial charge in [0.15, 0.2) is 0 Å². The van der Waals surface area contributed by atoms with Gasteiger partial charge in [-0.15, -0.1) is 0 Å². The summed E-state index contributed by atoms with van der Waals surface area (Å²) in [5.74, 6) is 2.26. The molecule has 1 atom stereocenters. The predicted molar refractivity (Wildman–Crippen MR) is 129 cm³/mol. The van der Waals surface area contributed by atoms with E-state index >= 15 is 0 Å². The maximum absolute atomic E-state index is 13.3. The smallest absolute Gasteiger partial charge is 0.255 e. The van der Waals surface area contributed by atoms with Crippen LogP contribution < -0.4 is 14.2 Å². The Hall–Kier alpha value is -3.18. The monoisotopic (exact) mass is 465 g/mol. The van der Waals surface area contributed by atoms with Crippen LogP contribution in [0.25, 0.3) is 0 Å². The molecule has 0 saturated heterocycles. The van der Waals surface area contributed by atoms with E-state index in [9.17, 15) is 4.79 Å². The molecule has 6 heteroatoms. The van der Waals surface area contributed by atoms with Crippen molar-refractivity contribution in [3.05, 3.63) is 88.4 Å². The van der Waals surface area contributed by atoms with E-state index < -0.39 is 0 Å². The van der Waals surface area contributed by atoms with Crippen LogP contribution in [0.1, 0.15) is 48.3 Å². The summed E-state index contributed by atoms with van der Waals surface area (Å²) in [6.45, 7) is 7.36. The Morgan fingerprint density at radius 3 is 2.18 bits per heavy atom. The Bertz CT molecular complexity index is 1100. The van der Waals surface area contributed by atoms with Crippen molar-refractivity contribution in [3.63, 3.8) is 0 Å². The number of benzene rings is 3. The van der Waals surface area contributed by atoms with E-state index in [1.54, 1.807) is 6.07 Å². The number of rotatable bonds is 9. The molecule has 5 nitrogen and oxygen atoms in total. The van der Waals surface area contributed by atoms with E-state index in [2.05, 4.69) is 0 Å². The fourth-order valence-corrected chi connectivity index (χ4v) is 4.10. The fourth-order valence-electron chi connectivity index (χ4n) is 3.93. The minimum Gasteiger partial charge on any atom is -0.494 e. The SMILES string of the molecule is CCOc1ccc(OCC(c2ccc(OC(C)C)cc2)N2Cc3ccc(Cl)cc3C2=O)cc1. The van der Waals surface area contributed by atoms with Crippen LogP contribution in [-0.2, 0) is 6.54 Å². The van der Waals surface area contributed by atoms with Gasteiger partial charge in [-0.25, -0.2) is 0 Å². The Morgan fingerprint density at radius 1 is 0.909 bits per heavy atom. The number of hydrogen-bond donors (Lipinski definition) is 0. The number of hydrogen-bond acceptors (Lipinski definition) is 4. The second kappa shape index (κ2) is 10.2. The average Bonchev–Trinajstić information content (AvgIpc) is 3.11. The van der Waals surface area contributed by atoms with Gasteiger partial charge in [-0.3, -0.25) is 4.79 Å². The van der Waals surface area contributed by atoms with E-state index in [0.29, 0.717) is 30.3 Å². The lowest BCUT2D eigenvalue weighted by Gasteiger charge is -2.28. The second-order valence-corrected chi connectivity index (χ2v) is 8.64. The van der Waals surface area contributed by atoms with E-state index in [-0.39, 0.29) is 18.1 Å². The van der Waals surface area contributed by atoms with Crippen LogP contribution in [0.3, 0.4) is 0 Å². The molecule has 4 rings (SSSR count). The van der Waals surface area contributed by atoms with Crippen LogP contribution in [0.5, 0.6) is 17.2 Å². The molecule has 0 saturated carbocycles. The lowest BCUT2D eigenvalue weighted by Crippen LogP contribution is -2.33. The van der Waals surface area contributed by atoms with Crippen molar-refractivity contribution in [3.8, 4) is 17.2 Å². The zero-order chi connectivity index (χ0) is 23.4. The summed E-state index contributed by atoms with van der Waals surface area (Å²) < 4.78 is 17.4. The summed E-state index contributed by atoms with van der Waals surface area (Å²) in [7, 11) is 0. The fraction of sp³-hybridized carbons (Fsp3) is 0.296. The number of carbonyl (C=O) groups is 1. The number of halogens is 1. The molecule has 0 aliphatic carbocycles. The number of nitrogens with zero attached hydrogens (tertiary/aromatic N) is 1. The van der Waals surface area contributed by atoms with Crippen molar-refractivity contribution in [2.24, 2.45) is 0 Å². The van der Waals surface area contributed by atoms with Crippen molar-refractivity contribution in [2.75, 3.05) is 13.2 Å². The quantitative estimate of drug-likeness (QED) is 0.372. The van der Waals surface area contributed by atoms with Gasteiger partial charge in [0.05, 0.1) is 18.8 Å².